The van der Waals surface area contributed by atoms with Gasteiger partial charge in [0.15, 0.2) is 0 Å². The van der Waals surface area contributed by atoms with Gasteiger partial charge in [-0.25, -0.2) is 4.39 Å². The number of hydrogen-bond acceptors (Lipinski definition) is 3. The van der Waals surface area contributed by atoms with E-state index in [2.05, 4.69) is 10.6 Å². The first-order chi connectivity index (χ1) is 11.0. The van der Waals surface area contributed by atoms with E-state index in [1.807, 2.05) is 0 Å². The van der Waals surface area contributed by atoms with Gasteiger partial charge in [0, 0.05) is 11.3 Å². The Morgan fingerprint density at radius 2 is 2.00 bits per heavy atom. The van der Waals surface area contributed by atoms with E-state index in [4.69, 9.17) is 16.3 Å². The van der Waals surface area contributed by atoms with E-state index in [0.717, 1.165) is 6.07 Å². The molecule has 2 N–H and O–H groups in total. The van der Waals surface area contributed by atoms with Crippen LogP contribution in [0.1, 0.15) is 10.4 Å². The Bertz CT molecular complexity index is 737. The molecule has 0 heterocycles. The highest BCUT2D eigenvalue weighted by Gasteiger charge is 2.10. The predicted molar refractivity (Wildman–Crippen MR) is 85.4 cm³/mol. The molecule has 2 aromatic rings. The topological polar surface area (TPSA) is 67.4 Å². The zero-order valence-corrected chi connectivity index (χ0v) is 13.0. The average Bonchev–Trinajstić information content (AvgIpc) is 2.53. The number of halogens is 2. The molecular formula is C16H14ClFN2O3. The maximum Gasteiger partial charge on any atom is 0.251 e. The Morgan fingerprint density at radius 1 is 1.22 bits per heavy atom. The summed E-state index contributed by atoms with van der Waals surface area (Å²) in [6.07, 6.45) is 0. The zero-order valence-electron chi connectivity index (χ0n) is 12.2. The zero-order chi connectivity index (χ0) is 16.8. The van der Waals surface area contributed by atoms with E-state index in [1.165, 1.54) is 31.4 Å². The lowest BCUT2D eigenvalue weighted by Crippen LogP contribution is -2.32. The largest absolute Gasteiger partial charge is 0.495 e. The van der Waals surface area contributed by atoms with Crippen LogP contribution < -0.4 is 15.4 Å². The molecule has 0 bridgehead atoms. The second-order valence-electron chi connectivity index (χ2n) is 4.59. The van der Waals surface area contributed by atoms with Gasteiger partial charge in [-0.3, -0.25) is 9.59 Å². The van der Waals surface area contributed by atoms with Crippen molar-refractivity contribution in [2.75, 3.05) is 19.0 Å². The van der Waals surface area contributed by atoms with Crippen LogP contribution in [0.3, 0.4) is 0 Å². The highest BCUT2D eigenvalue weighted by Crippen LogP contribution is 2.27. The van der Waals surface area contributed by atoms with Crippen molar-refractivity contribution in [1.82, 2.24) is 5.32 Å². The SMILES string of the molecule is COc1ccc(NC(=O)CNC(=O)c2cccc(F)c2)cc1Cl. The summed E-state index contributed by atoms with van der Waals surface area (Å²) in [5, 5.41) is 5.35. The monoisotopic (exact) mass is 336 g/mol. The molecule has 0 aliphatic rings. The van der Waals surface area contributed by atoms with Gasteiger partial charge in [-0.15, -0.1) is 0 Å². The minimum Gasteiger partial charge on any atom is -0.495 e. The maximum absolute atomic E-state index is 13.0. The van der Waals surface area contributed by atoms with Gasteiger partial charge in [-0.2, -0.15) is 0 Å². The van der Waals surface area contributed by atoms with Crippen LogP contribution in [0.4, 0.5) is 10.1 Å². The van der Waals surface area contributed by atoms with E-state index in [0.29, 0.717) is 16.5 Å². The first-order valence-corrected chi connectivity index (χ1v) is 7.04. The molecule has 0 saturated heterocycles. The number of ether oxygens (including phenoxy) is 1. The minimum atomic E-state index is -0.535. The van der Waals surface area contributed by atoms with E-state index < -0.39 is 17.6 Å². The summed E-state index contributed by atoms with van der Waals surface area (Å²) in [4.78, 5) is 23.6. The Kier molecular flexibility index (Phi) is 5.54. The molecule has 0 saturated carbocycles. The van der Waals surface area contributed by atoms with Crippen molar-refractivity contribution >= 4 is 29.1 Å². The van der Waals surface area contributed by atoms with Gasteiger partial charge >= 0.3 is 0 Å². The quantitative estimate of drug-likeness (QED) is 0.882. The van der Waals surface area contributed by atoms with Crippen LogP contribution in [0.2, 0.25) is 5.02 Å². The van der Waals surface area contributed by atoms with Crippen molar-refractivity contribution < 1.29 is 18.7 Å². The molecule has 120 valence electrons. The molecule has 0 spiro atoms. The van der Waals surface area contributed by atoms with Crippen LogP contribution >= 0.6 is 11.6 Å². The fourth-order valence-electron chi connectivity index (χ4n) is 1.84. The van der Waals surface area contributed by atoms with E-state index in [-0.39, 0.29) is 12.1 Å². The first-order valence-electron chi connectivity index (χ1n) is 6.67. The Balaban J connectivity index is 1.90. The molecule has 23 heavy (non-hydrogen) atoms. The van der Waals surface area contributed by atoms with Gasteiger partial charge < -0.3 is 15.4 Å². The van der Waals surface area contributed by atoms with E-state index >= 15 is 0 Å². The lowest BCUT2D eigenvalue weighted by molar-refractivity contribution is -0.115. The molecule has 0 aliphatic heterocycles. The number of nitrogens with one attached hydrogen (secondary N) is 2. The van der Waals surface area contributed by atoms with E-state index in [1.54, 1.807) is 12.1 Å². The summed E-state index contributed by atoms with van der Waals surface area (Å²) < 4.78 is 18.0. The Hall–Kier alpha value is -2.60. The van der Waals surface area contributed by atoms with Crippen molar-refractivity contribution in [3.8, 4) is 5.75 Å². The first kappa shape index (κ1) is 16.8. The van der Waals surface area contributed by atoms with Gasteiger partial charge in [-0.1, -0.05) is 17.7 Å². The molecule has 0 aromatic heterocycles. The second kappa shape index (κ2) is 7.60. The molecule has 2 rings (SSSR count). The van der Waals surface area contributed by atoms with Crippen molar-refractivity contribution in [2.24, 2.45) is 0 Å². The standard InChI is InChI=1S/C16H14ClFN2O3/c1-23-14-6-5-12(8-13(14)17)20-15(21)9-19-16(22)10-3-2-4-11(18)7-10/h2-8H,9H2,1H3,(H,19,22)(H,20,21). The summed E-state index contributed by atoms with van der Waals surface area (Å²) in [6.45, 7) is -0.251. The van der Waals surface area contributed by atoms with E-state index in [9.17, 15) is 14.0 Å². The molecule has 5 nitrogen and oxygen atoms in total. The third-order valence-electron chi connectivity index (χ3n) is 2.93. The molecule has 2 aromatic carbocycles. The highest BCUT2D eigenvalue weighted by atomic mass is 35.5. The summed E-state index contributed by atoms with van der Waals surface area (Å²) in [5.74, 6) is -0.998. The summed E-state index contributed by atoms with van der Waals surface area (Å²) in [5.41, 5.74) is 0.617. The van der Waals surface area contributed by atoms with Crippen molar-refractivity contribution in [3.63, 3.8) is 0 Å². The van der Waals surface area contributed by atoms with Gasteiger partial charge in [0.2, 0.25) is 5.91 Å². The Labute approximate surface area is 137 Å². The third kappa shape index (κ3) is 4.69. The van der Waals surface area contributed by atoms with Crippen LogP contribution in [0.15, 0.2) is 42.5 Å². The minimum absolute atomic E-state index is 0.144. The molecule has 2 amide bonds. The molecule has 0 fully saturated rings. The average molecular weight is 337 g/mol. The number of anilines is 1. The second-order valence-corrected chi connectivity index (χ2v) is 5.00. The number of amides is 2. The van der Waals surface area contributed by atoms with Crippen LogP contribution in [0.5, 0.6) is 5.75 Å². The molecular weight excluding hydrogens is 323 g/mol. The van der Waals surface area contributed by atoms with Crippen molar-refractivity contribution in [1.29, 1.82) is 0 Å². The van der Waals surface area contributed by atoms with Gasteiger partial charge in [0.1, 0.15) is 11.6 Å². The fourth-order valence-corrected chi connectivity index (χ4v) is 2.10. The summed E-state index contributed by atoms with van der Waals surface area (Å²) >= 11 is 5.95. The molecule has 0 atom stereocenters. The summed E-state index contributed by atoms with van der Waals surface area (Å²) in [6, 6.07) is 9.98. The van der Waals surface area contributed by atoms with Gasteiger partial charge in [0.25, 0.3) is 5.91 Å². The van der Waals surface area contributed by atoms with Crippen LogP contribution in [-0.4, -0.2) is 25.5 Å². The third-order valence-corrected chi connectivity index (χ3v) is 3.23. The van der Waals surface area contributed by atoms with Crippen LogP contribution in [0.25, 0.3) is 0 Å². The van der Waals surface area contributed by atoms with Crippen molar-refractivity contribution in [2.45, 2.75) is 0 Å². The molecule has 0 aliphatic carbocycles. The molecule has 0 unspecified atom stereocenters. The fraction of sp³-hybridized carbons (Fsp3) is 0.125. The highest BCUT2D eigenvalue weighted by molar-refractivity contribution is 6.32. The lowest BCUT2D eigenvalue weighted by atomic mass is 10.2. The number of rotatable bonds is 5. The number of carbonyl (C=O) groups excluding carboxylic acids is 2. The number of hydrogen-bond donors (Lipinski definition) is 2. The number of benzene rings is 2. The smallest absolute Gasteiger partial charge is 0.251 e. The Morgan fingerprint density at radius 3 is 2.65 bits per heavy atom. The lowest BCUT2D eigenvalue weighted by Gasteiger charge is -2.09. The number of carbonyl (C=O) groups is 2. The van der Waals surface area contributed by atoms with Crippen LogP contribution in [0, 0.1) is 5.82 Å². The molecule has 0 radical (unpaired) electrons. The normalized spacial score (nSPS) is 10.0. The van der Waals surface area contributed by atoms with Crippen molar-refractivity contribution in [3.05, 3.63) is 58.9 Å². The predicted octanol–water partition coefficient (Wildman–Crippen LogP) is 2.86. The summed E-state index contributed by atoms with van der Waals surface area (Å²) in [7, 11) is 1.49. The van der Waals surface area contributed by atoms with Crippen LogP contribution in [-0.2, 0) is 4.79 Å². The maximum atomic E-state index is 13.0. The number of methoxy groups -OCH3 is 1. The van der Waals surface area contributed by atoms with Gasteiger partial charge in [-0.05, 0) is 36.4 Å². The van der Waals surface area contributed by atoms with Gasteiger partial charge in [0.05, 0.1) is 18.7 Å². The molecule has 7 heteroatoms.